The first-order valence-corrected chi connectivity index (χ1v) is 12.8. The zero-order chi connectivity index (χ0) is 23.0. The summed E-state index contributed by atoms with van der Waals surface area (Å²) in [6.45, 7) is 18.1. The molecule has 32 heavy (non-hydrogen) atoms. The zero-order valence-electron chi connectivity index (χ0n) is 20.4. The van der Waals surface area contributed by atoms with Crippen LogP contribution in [0.2, 0.25) is 0 Å². The van der Waals surface area contributed by atoms with Crippen molar-refractivity contribution < 1.29 is 26.2 Å². The fourth-order valence-corrected chi connectivity index (χ4v) is 10.7. The van der Waals surface area contributed by atoms with E-state index in [2.05, 4.69) is 104 Å². The van der Waals surface area contributed by atoms with Gasteiger partial charge in [0.1, 0.15) is 9.52 Å². The molecule has 0 amide bonds. The first kappa shape index (κ1) is 26.2. The first-order valence-electron chi connectivity index (χ1n) is 11.0. The molecule has 0 saturated carbocycles. The maximum absolute atomic E-state index is 7.79. The Kier molecular flexibility index (Phi) is 6.85. The van der Waals surface area contributed by atoms with Gasteiger partial charge in [0.2, 0.25) is 0 Å². The van der Waals surface area contributed by atoms with Crippen molar-refractivity contribution in [2.45, 2.75) is 64.4 Å². The van der Waals surface area contributed by atoms with E-state index in [1.165, 1.54) is 44.5 Å². The van der Waals surface area contributed by atoms with Crippen LogP contribution in [0.25, 0.3) is 11.1 Å². The van der Waals surface area contributed by atoms with Crippen molar-refractivity contribution in [3.63, 3.8) is 0 Å². The van der Waals surface area contributed by atoms with E-state index < -0.39 is 8.99 Å². The van der Waals surface area contributed by atoms with E-state index in [0.29, 0.717) is 0 Å². The van der Waals surface area contributed by atoms with Gasteiger partial charge in [0.25, 0.3) is 0 Å². The molecule has 0 aliphatic heterocycles. The average Bonchev–Trinajstić information content (AvgIpc) is 3.01. The molecular formula is C28H32Cl2SiZr. The third-order valence-electron chi connectivity index (χ3n) is 6.69. The molecular weight excluding hydrogens is 527 g/mol. The summed E-state index contributed by atoms with van der Waals surface area (Å²) in [7, 11) is 0.274. The molecule has 166 valence electrons. The zero-order valence-corrected chi connectivity index (χ0v) is 25.3. The Morgan fingerprint density at radius 1 is 0.625 bits per heavy atom. The smallest absolute Gasteiger partial charge is 0.114 e. The van der Waals surface area contributed by atoms with Gasteiger partial charge in [-0.1, -0.05) is 90.1 Å². The van der Waals surface area contributed by atoms with Gasteiger partial charge in [0.05, 0.1) is 8.99 Å². The first-order chi connectivity index (χ1) is 14.2. The molecule has 0 heterocycles. The standard InChI is InChI=1S/C28H32Cl2Si.Zr/c1-17-19-13-9-11-15-21(19)27(29,23(17)25(3,4)5)31-28(30)22-16-12-10-14-20(22)18(2)24(28)26(6,7)8;/h9-16H,1-8H3;. The molecule has 4 heteroatoms. The van der Waals surface area contributed by atoms with Gasteiger partial charge in [-0.05, 0) is 69.2 Å². The van der Waals surface area contributed by atoms with Crippen LogP contribution in [0.5, 0.6) is 0 Å². The fraction of sp³-hybridized carbons (Fsp3) is 0.429. The Labute approximate surface area is 225 Å². The van der Waals surface area contributed by atoms with E-state index in [4.69, 9.17) is 23.2 Å². The van der Waals surface area contributed by atoms with Crippen LogP contribution in [0.4, 0.5) is 0 Å². The molecule has 0 aromatic heterocycles. The summed E-state index contributed by atoms with van der Waals surface area (Å²) in [6.07, 6.45) is 0. The van der Waals surface area contributed by atoms with Gasteiger partial charge in [-0.15, -0.1) is 23.2 Å². The molecule has 0 nitrogen and oxygen atoms in total. The van der Waals surface area contributed by atoms with Crippen LogP contribution in [-0.2, 0) is 35.2 Å². The Morgan fingerprint density at radius 3 is 1.25 bits per heavy atom. The topological polar surface area (TPSA) is 0 Å². The molecule has 0 saturated heterocycles. The van der Waals surface area contributed by atoms with Gasteiger partial charge >= 0.3 is 0 Å². The number of fused-ring (bicyclic) bond motifs is 2. The molecule has 0 N–H and O–H groups in total. The van der Waals surface area contributed by atoms with Crippen molar-refractivity contribution in [3.05, 3.63) is 81.9 Å². The monoisotopic (exact) mass is 556 g/mol. The molecule has 0 spiro atoms. The quantitative estimate of drug-likeness (QED) is 0.256. The van der Waals surface area contributed by atoms with Crippen LogP contribution < -0.4 is 0 Å². The van der Waals surface area contributed by atoms with Gasteiger partial charge in [0, 0.05) is 26.2 Å². The maximum Gasteiger partial charge on any atom is 0.118 e. The molecule has 2 radical (unpaired) electrons. The Morgan fingerprint density at radius 2 is 0.938 bits per heavy atom. The molecule has 2 atom stereocenters. The van der Waals surface area contributed by atoms with Crippen LogP contribution in [0.15, 0.2) is 59.7 Å². The number of allylic oxidation sites excluding steroid dienone is 4. The Hall–Kier alpha value is -0.400. The van der Waals surface area contributed by atoms with Crippen LogP contribution >= 0.6 is 23.2 Å². The van der Waals surface area contributed by atoms with Crippen molar-refractivity contribution in [1.29, 1.82) is 0 Å². The summed E-state index contributed by atoms with van der Waals surface area (Å²) in [5, 5.41) is 0. The van der Waals surface area contributed by atoms with Crippen LogP contribution in [0.1, 0.15) is 77.6 Å². The van der Waals surface area contributed by atoms with Crippen molar-refractivity contribution in [2.75, 3.05) is 0 Å². The molecule has 2 unspecified atom stereocenters. The summed E-state index contributed by atoms with van der Waals surface area (Å²) >= 11 is 15.6. The van der Waals surface area contributed by atoms with Gasteiger partial charge in [0.15, 0.2) is 0 Å². The average molecular weight is 559 g/mol. The minimum Gasteiger partial charge on any atom is -0.114 e. The molecule has 2 aliphatic carbocycles. The van der Waals surface area contributed by atoms with Crippen molar-refractivity contribution in [2.24, 2.45) is 10.8 Å². The Balaban J connectivity index is 0.00000289. The third-order valence-corrected chi connectivity index (χ3v) is 9.77. The number of hydrogen-bond donors (Lipinski definition) is 0. The van der Waals surface area contributed by atoms with Crippen LogP contribution in [-0.4, -0.2) is 9.52 Å². The molecule has 0 bridgehead atoms. The van der Waals surface area contributed by atoms with Gasteiger partial charge in [-0.25, -0.2) is 0 Å². The normalized spacial score (nSPS) is 25.1. The predicted octanol–water partition coefficient (Wildman–Crippen LogP) is 8.54. The maximum atomic E-state index is 7.79. The van der Waals surface area contributed by atoms with E-state index in [1.54, 1.807) is 0 Å². The van der Waals surface area contributed by atoms with Gasteiger partial charge < -0.3 is 0 Å². The number of benzene rings is 2. The number of hydrogen-bond acceptors (Lipinski definition) is 0. The third kappa shape index (κ3) is 3.82. The van der Waals surface area contributed by atoms with Gasteiger partial charge in [-0.2, -0.15) is 0 Å². The summed E-state index contributed by atoms with van der Waals surface area (Å²) in [5.74, 6) is 0. The SMILES string of the molecule is CC1=C(C(C)(C)C)C(Cl)([Si]C2(Cl)C(C(C)(C)C)=C(C)c3ccccc32)c2ccccc21.[Zr]. The second-order valence-electron chi connectivity index (χ2n) is 11.0. The summed E-state index contributed by atoms with van der Waals surface area (Å²) in [4.78, 5) is 0. The van der Waals surface area contributed by atoms with E-state index in [9.17, 15) is 0 Å². The van der Waals surface area contributed by atoms with Crippen molar-refractivity contribution in [3.8, 4) is 0 Å². The molecule has 2 aromatic rings. The number of rotatable bonds is 2. The molecule has 0 fully saturated rings. The van der Waals surface area contributed by atoms with Gasteiger partial charge in [-0.3, -0.25) is 0 Å². The molecule has 2 aliphatic rings. The molecule has 4 rings (SSSR count). The number of halogens is 2. The van der Waals surface area contributed by atoms with E-state index in [0.717, 1.165) is 0 Å². The van der Waals surface area contributed by atoms with Crippen molar-refractivity contribution >= 4 is 43.9 Å². The fourth-order valence-electron chi connectivity index (χ4n) is 5.93. The molecule has 2 aromatic carbocycles. The van der Waals surface area contributed by atoms with Crippen LogP contribution in [0.3, 0.4) is 0 Å². The summed E-state index contributed by atoms with van der Waals surface area (Å²) < 4.78 is -1.26. The van der Waals surface area contributed by atoms with E-state index in [1.807, 2.05) is 0 Å². The minimum atomic E-state index is -0.630. The number of alkyl halides is 2. The van der Waals surface area contributed by atoms with E-state index >= 15 is 0 Å². The van der Waals surface area contributed by atoms with Crippen LogP contribution in [0, 0.1) is 10.8 Å². The van der Waals surface area contributed by atoms with Crippen molar-refractivity contribution in [1.82, 2.24) is 0 Å². The Bertz CT molecular complexity index is 1040. The minimum absolute atomic E-state index is 0. The van der Waals surface area contributed by atoms with E-state index in [-0.39, 0.29) is 46.6 Å². The predicted molar refractivity (Wildman–Crippen MR) is 138 cm³/mol. The second kappa shape index (κ2) is 8.37. The second-order valence-corrected chi connectivity index (χ2v) is 14.6. The summed E-state index contributed by atoms with van der Waals surface area (Å²) in [5.41, 5.74) is 10.0. The summed E-state index contributed by atoms with van der Waals surface area (Å²) in [6, 6.07) is 17.3. The largest absolute Gasteiger partial charge is 0.118 e.